The number of para-hydroxylation sites is 2. The first-order valence-corrected chi connectivity index (χ1v) is 11.9. The summed E-state index contributed by atoms with van der Waals surface area (Å²) in [7, 11) is 1.44. The molecule has 1 fully saturated rings. The minimum atomic E-state index is -0.658. The number of amides is 3. The fourth-order valence-corrected chi connectivity index (χ4v) is 4.04. The normalized spacial score (nSPS) is 14.1. The molecule has 1 N–H and O–H groups in total. The first-order chi connectivity index (χ1) is 17.4. The van der Waals surface area contributed by atoms with Crippen LogP contribution in [0.1, 0.15) is 19.4 Å². The first kappa shape index (κ1) is 26.6. The minimum absolute atomic E-state index is 0.154. The molecule has 0 atom stereocenters. The molecule has 0 radical (unpaired) electrons. The van der Waals surface area contributed by atoms with Crippen molar-refractivity contribution in [1.82, 2.24) is 4.90 Å². The highest BCUT2D eigenvalue weighted by Crippen LogP contribution is 2.34. The number of anilines is 1. The number of hydrogen-bond donors (Lipinski definition) is 1. The van der Waals surface area contributed by atoms with Crippen LogP contribution in [-0.2, 0) is 19.1 Å². The summed E-state index contributed by atoms with van der Waals surface area (Å²) in [4.78, 5) is 49.8. The lowest BCUT2D eigenvalue weighted by atomic mass is 10.2. The molecule has 0 spiro atoms. The Morgan fingerprint density at radius 3 is 2.50 bits per heavy atom. The molecule has 0 aliphatic carbocycles. The maximum atomic E-state index is 12.6. The van der Waals surface area contributed by atoms with E-state index in [-0.39, 0.29) is 24.0 Å². The zero-order chi connectivity index (χ0) is 26.1. The van der Waals surface area contributed by atoms with Crippen LogP contribution in [0.4, 0.5) is 10.5 Å². The van der Waals surface area contributed by atoms with Crippen LogP contribution in [0.5, 0.6) is 17.2 Å². The van der Waals surface area contributed by atoms with Gasteiger partial charge in [0.2, 0.25) is 0 Å². The SMILES string of the molecule is CCOC(=O)CN1C(=O)S/C(=C\c2ccc(OCC(=O)Nc3ccccc3OCC)c(OC)c2)C1=O. The summed E-state index contributed by atoms with van der Waals surface area (Å²) in [5.74, 6) is -0.420. The predicted octanol–water partition coefficient (Wildman–Crippen LogP) is 3.71. The van der Waals surface area contributed by atoms with Crippen molar-refractivity contribution < 1.29 is 38.1 Å². The van der Waals surface area contributed by atoms with Crippen LogP contribution in [0.15, 0.2) is 47.4 Å². The molecule has 2 aromatic carbocycles. The molecule has 0 unspecified atom stereocenters. The maximum Gasteiger partial charge on any atom is 0.326 e. The van der Waals surface area contributed by atoms with E-state index in [1.807, 2.05) is 13.0 Å². The van der Waals surface area contributed by atoms with Crippen LogP contribution in [0.2, 0.25) is 0 Å². The van der Waals surface area contributed by atoms with Gasteiger partial charge in [0.1, 0.15) is 12.3 Å². The summed E-state index contributed by atoms with van der Waals surface area (Å²) in [5, 5.41) is 2.20. The van der Waals surface area contributed by atoms with Gasteiger partial charge in [-0.2, -0.15) is 0 Å². The molecular weight excluding hydrogens is 488 g/mol. The summed E-state index contributed by atoms with van der Waals surface area (Å²) < 4.78 is 21.3. The quantitative estimate of drug-likeness (QED) is 0.353. The van der Waals surface area contributed by atoms with Gasteiger partial charge in [0.15, 0.2) is 18.1 Å². The lowest BCUT2D eigenvalue weighted by Crippen LogP contribution is -2.34. The maximum absolute atomic E-state index is 12.6. The number of rotatable bonds is 11. The fourth-order valence-electron chi connectivity index (χ4n) is 3.20. The van der Waals surface area contributed by atoms with E-state index in [0.29, 0.717) is 35.1 Å². The lowest BCUT2D eigenvalue weighted by molar-refractivity contribution is -0.146. The zero-order valence-electron chi connectivity index (χ0n) is 20.1. The Labute approximate surface area is 212 Å². The Bertz CT molecular complexity index is 1180. The molecular formula is C25H26N2O8S. The van der Waals surface area contributed by atoms with Crippen LogP contribution < -0.4 is 19.5 Å². The number of methoxy groups -OCH3 is 1. The number of benzene rings is 2. The van der Waals surface area contributed by atoms with Gasteiger partial charge < -0.3 is 24.3 Å². The molecule has 1 aliphatic heterocycles. The molecule has 11 heteroatoms. The molecule has 3 amide bonds. The van der Waals surface area contributed by atoms with Crippen molar-refractivity contribution in [3.8, 4) is 17.2 Å². The molecule has 1 heterocycles. The number of hydrogen-bond acceptors (Lipinski definition) is 9. The molecule has 1 aliphatic rings. The molecule has 2 aromatic rings. The van der Waals surface area contributed by atoms with E-state index in [1.54, 1.807) is 43.3 Å². The number of nitrogens with one attached hydrogen (secondary N) is 1. The van der Waals surface area contributed by atoms with Gasteiger partial charge in [-0.1, -0.05) is 18.2 Å². The Balaban J connectivity index is 1.66. The monoisotopic (exact) mass is 514 g/mol. The Morgan fingerprint density at radius 1 is 1.00 bits per heavy atom. The second-order valence-electron chi connectivity index (χ2n) is 7.25. The van der Waals surface area contributed by atoms with E-state index < -0.39 is 23.7 Å². The van der Waals surface area contributed by atoms with E-state index in [9.17, 15) is 19.2 Å². The zero-order valence-corrected chi connectivity index (χ0v) is 20.9. The number of esters is 1. The summed E-state index contributed by atoms with van der Waals surface area (Å²) in [6.07, 6.45) is 1.51. The van der Waals surface area contributed by atoms with Gasteiger partial charge in [0, 0.05) is 0 Å². The topological polar surface area (TPSA) is 120 Å². The molecule has 0 bridgehead atoms. The van der Waals surface area contributed by atoms with Crippen LogP contribution in [0.3, 0.4) is 0 Å². The van der Waals surface area contributed by atoms with Crippen LogP contribution in [0.25, 0.3) is 6.08 Å². The third kappa shape index (κ3) is 6.79. The molecule has 3 rings (SSSR count). The summed E-state index contributed by atoms with van der Waals surface area (Å²) in [5.41, 5.74) is 1.10. The van der Waals surface area contributed by atoms with E-state index in [4.69, 9.17) is 18.9 Å². The highest BCUT2D eigenvalue weighted by Gasteiger charge is 2.36. The van der Waals surface area contributed by atoms with Gasteiger partial charge in [-0.3, -0.25) is 24.1 Å². The molecule has 0 aromatic heterocycles. The smallest absolute Gasteiger partial charge is 0.326 e. The predicted molar refractivity (Wildman–Crippen MR) is 134 cm³/mol. The van der Waals surface area contributed by atoms with E-state index in [2.05, 4.69) is 5.32 Å². The molecule has 1 saturated heterocycles. The van der Waals surface area contributed by atoms with E-state index >= 15 is 0 Å². The highest BCUT2D eigenvalue weighted by molar-refractivity contribution is 8.18. The average molecular weight is 515 g/mol. The largest absolute Gasteiger partial charge is 0.493 e. The fraction of sp³-hybridized carbons (Fsp3) is 0.280. The molecule has 36 heavy (non-hydrogen) atoms. The van der Waals surface area contributed by atoms with Crippen LogP contribution in [0, 0.1) is 0 Å². The Morgan fingerprint density at radius 2 is 1.78 bits per heavy atom. The van der Waals surface area contributed by atoms with E-state index in [1.165, 1.54) is 13.2 Å². The molecule has 190 valence electrons. The number of imide groups is 1. The Kier molecular flexibility index (Phi) is 9.34. The minimum Gasteiger partial charge on any atom is -0.493 e. The first-order valence-electron chi connectivity index (χ1n) is 11.1. The van der Waals surface area contributed by atoms with Crippen molar-refractivity contribution in [3.63, 3.8) is 0 Å². The van der Waals surface area contributed by atoms with Crippen molar-refractivity contribution in [3.05, 3.63) is 52.9 Å². The standard InChI is InChI=1S/C25H26N2O8S/c1-4-33-18-9-7-6-8-17(18)26-22(28)15-35-19-11-10-16(12-20(19)32-3)13-21-24(30)27(25(31)36-21)14-23(29)34-5-2/h6-13H,4-5,14-15H2,1-3H3,(H,26,28)/b21-13-. The van der Waals surface area contributed by atoms with Crippen molar-refractivity contribution in [2.45, 2.75) is 13.8 Å². The van der Waals surface area contributed by atoms with Gasteiger partial charge in [-0.05, 0) is 61.5 Å². The average Bonchev–Trinajstić information content (AvgIpc) is 3.11. The number of carbonyl (C=O) groups excluding carboxylic acids is 4. The van der Waals surface area contributed by atoms with Crippen molar-refractivity contribution in [2.75, 3.05) is 38.8 Å². The van der Waals surface area contributed by atoms with Gasteiger partial charge in [0.05, 0.1) is 30.9 Å². The highest BCUT2D eigenvalue weighted by atomic mass is 32.2. The lowest BCUT2D eigenvalue weighted by Gasteiger charge is -2.13. The van der Waals surface area contributed by atoms with Crippen molar-refractivity contribution in [1.29, 1.82) is 0 Å². The third-order valence-electron chi connectivity index (χ3n) is 4.77. The van der Waals surface area contributed by atoms with Crippen LogP contribution >= 0.6 is 11.8 Å². The summed E-state index contributed by atoms with van der Waals surface area (Å²) >= 11 is 0.729. The Hall–Kier alpha value is -3.99. The summed E-state index contributed by atoms with van der Waals surface area (Å²) in [6, 6.07) is 11.9. The van der Waals surface area contributed by atoms with Gasteiger partial charge in [0.25, 0.3) is 17.1 Å². The second-order valence-corrected chi connectivity index (χ2v) is 8.24. The van der Waals surface area contributed by atoms with Crippen molar-refractivity contribution in [2.24, 2.45) is 0 Å². The third-order valence-corrected chi connectivity index (χ3v) is 5.68. The number of nitrogens with zero attached hydrogens (tertiary/aromatic N) is 1. The second kappa shape index (κ2) is 12.6. The van der Waals surface area contributed by atoms with Crippen molar-refractivity contribution >= 4 is 46.5 Å². The molecule has 10 nitrogen and oxygen atoms in total. The van der Waals surface area contributed by atoms with Gasteiger partial charge >= 0.3 is 5.97 Å². The number of carbonyl (C=O) groups is 4. The van der Waals surface area contributed by atoms with Gasteiger partial charge in [-0.25, -0.2) is 0 Å². The number of thioether (sulfide) groups is 1. The van der Waals surface area contributed by atoms with Gasteiger partial charge in [-0.15, -0.1) is 0 Å². The van der Waals surface area contributed by atoms with Crippen LogP contribution in [-0.4, -0.2) is 61.4 Å². The number of ether oxygens (including phenoxy) is 4. The summed E-state index contributed by atoms with van der Waals surface area (Å²) in [6.45, 7) is 3.39. The van der Waals surface area contributed by atoms with E-state index in [0.717, 1.165) is 16.7 Å². The molecule has 0 saturated carbocycles.